The van der Waals surface area contributed by atoms with E-state index in [0.29, 0.717) is 5.69 Å². The van der Waals surface area contributed by atoms with Crippen molar-refractivity contribution in [3.63, 3.8) is 0 Å². The highest BCUT2D eigenvalue weighted by Gasteiger charge is 1.98. The molecule has 0 aliphatic heterocycles. The van der Waals surface area contributed by atoms with Crippen molar-refractivity contribution in [3.8, 4) is 5.69 Å². The number of aryl methyl sites for hydroxylation is 1. The van der Waals surface area contributed by atoms with Gasteiger partial charge in [0, 0.05) is 11.9 Å². The summed E-state index contributed by atoms with van der Waals surface area (Å²) in [4.78, 5) is 4.06. The normalized spacial score (nSPS) is 11.0. The van der Waals surface area contributed by atoms with Crippen molar-refractivity contribution in [1.82, 2.24) is 9.55 Å². The Bertz CT molecular complexity index is 471. The van der Waals surface area contributed by atoms with Gasteiger partial charge in [-0.3, -0.25) is 0 Å². The summed E-state index contributed by atoms with van der Waals surface area (Å²) in [5, 5.41) is 11.3. The van der Waals surface area contributed by atoms with E-state index in [4.69, 9.17) is 5.21 Å². The molecular formula is C11H11N3O. The molecule has 0 fully saturated rings. The summed E-state index contributed by atoms with van der Waals surface area (Å²) in [6.07, 6.45) is 4.77. The molecule has 0 aliphatic rings. The van der Waals surface area contributed by atoms with E-state index in [2.05, 4.69) is 10.1 Å². The van der Waals surface area contributed by atoms with E-state index in [1.165, 1.54) is 11.8 Å². The topological polar surface area (TPSA) is 50.4 Å². The average molecular weight is 201 g/mol. The molecule has 2 rings (SSSR count). The Hall–Kier alpha value is -2.10. The lowest BCUT2D eigenvalue weighted by Gasteiger charge is -2.01. The molecule has 0 saturated heterocycles. The van der Waals surface area contributed by atoms with Gasteiger partial charge in [0.2, 0.25) is 0 Å². The summed E-state index contributed by atoms with van der Waals surface area (Å²) in [5.74, 6) is 0. The molecule has 0 saturated carbocycles. The molecule has 0 atom stereocenters. The molecular weight excluding hydrogens is 190 g/mol. The molecule has 1 heterocycles. The fourth-order valence-electron chi connectivity index (χ4n) is 1.32. The molecule has 1 N–H and O–H groups in total. The molecule has 0 spiro atoms. The van der Waals surface area contributed by atoms with Crippen molar-refractivity contribution in [2.45, 2.75) is 6.92 Å². The maximum absolute atomic E-state index is 8.36. The quantitative estimate of drug-likeness (QED) is 0.459. The molecule has 0 bridgehead atoms. The third kappa shape index (κ3) is 2.04. The van der Waals surface area contributed by atoms with Crippen LogP contribution in [0.15, 0.2) is 41.9 Å². The van der Waals surface area contributed by atoms with Crippen molar-refractivity contribution in [2.24, 2.45) is 5.16 Å². The lowest BCUT2D eigenvalue weighted by atomic mass is 10.2. The highest BCUT2D eigenvalue weighted by molar-refractivity contribution is 5.76. The Morgan fingerprint density at radius 3 is 2.73 bits per heavy atom. The summed E-state index contributed by atoms with van der Waals surface area (Å²) < 4.78 is 1.87. The second-order valence-corrected chi connectivity index (χ2v) is 3.29. The monoisotopic (exact) mass is 201 g/mol. The Morgan fingerprint density at radius 1 is 1.33 bits per heavy atom. The van der Waals surface area contributed by atoms with E-state index in [1.54, 1.807) is 12.5 Å². The number of oxime groups is 1. The van der Waals surface area contributed by atoms with Crippen molar-refractivity contribution in [1.29, 1.82) is 0 Å². The van der Waals surface area contributed by atoms with E-state index >= 15 is 0 Å². The van der Waals surface area contributed by atoms with Gasteiger partial charge in [-0.05, 0) is 19.1 Å². The molecule has 76 valence electrons. The average Bonchev–Trinajstić information content (AvgIpc) is 2.68. The first kappa shape index (κ1) is 9.45. The van der Waals surface area contributed by atoms with Crippen LogP contribution in [0.2, 0.25) is 0 Å². The first-order valence-corrected chi connectivity index (χ1v) is 4.58. The van der Waals surface area contributed by atoms with Gasteiger partial charge in [-0.1, -0.05) is 22.9 Å². The number of hydrogen-bond donors (Lipinski definition) is 1. The van der Waals surface area contributed by atoms with E-state index < -0.39 is 0 Å². The lowest BCUT2D eigenvalue weighted by molar-refractivity contribution is 0.321. The van der Waals surface area contributed by atoms with Gasteiger partial charge in [0.1, 0.15) is 5.69 Å². The van der Waals surface area contributed by atoms with Crippen LogP contribution in [0.1, 0.15) is 11.3 Å². The zero-order chi connectivity index (χ0) is 10.7. The maximum atomic E-state index is 8.36. The predicted molar refractivity (Wildman–Crippen MR) is 57.7 cm³/mol. The minimum atomic E-state index is 0.623. The van der Waals surface area contributed by atoms with Gasteiger partial charge >= 0.3 is 0 Å². The van der Waals surface area contributed by atoms with Crippen molar-refractivity contribution in [3.05, 3.63) is 48.0 Å². The molecule has 2 aromatic rings. The van der Waals surface area contributed by atoms with E-state index in [1.807, 2.05) is 35.8 Å². The van der Waals surface area contributed by atoms with Crippen molar-refractivity contribution in [2.75, 3.05) is 0 Å². The number of nitrogens with zero attached hydrogens (tertiary/aromatic N) is 3. The van der Waals surface area contributed by atoms with E-state index in [9.17, 15) is 0 Å². The minimum Gasteiger partial charge on any atom is -0.411 e. The van der Waals surface area contributed by atoms with Gasteiger partial charge in [0.25, 0.3) is 0 Å². The highest BCUT2D eigenvalue weighted by atomic mass is 16.4. The third-order valence-electron chi connectivity index (χ3n) is 2.12. The van der Waals surface area contributed by atoms with E-state index in [0.717, 1.165) is 5.69 Å². The van der Waals surface area contributed by atoms with Gasteiger partial charge in [-0.2, -0.15) is 0 Å². The molecule has 4 nitrogen and oxygen atoms in total. The molecule has 1 aromatic carbocycles. The van der Waals surface area contributed by atoms with E-state index in [-0.39, 0.29) is 0 Å². The van der Waals surface area contributed by atoms with Crippen molar-refractivity contribution >= 4 is 6.21 Å². The van der Waals surface area contributed by atoms with Crippen molar-refractivity contribution < 1.29 is 5.21 Å². The SMILES string of the molecule is Cc1ccc(-n2cnc(/C=N/O)c2)cc1. The van der Waals surface area contributed by atoms with Gasteiger partial charge in [0.05, 0.1) is 12.5 Å². The molecule has 0 radical (unpaired) electrons. The summed E-state index contributed by atoms with van der Waals surface area (Å²) in [6.45, 7) is 2.04. The first-order chi connectivity index (χ1) is 7.29. The number of imidazole rings is 1. The van der Waals surface area contributed by atoms with Crippen LogP contribution in [0, 0.1) is 6.92 Å². The van der Waals surface area contributed by atoms with Crippen LogP contribution in [0.5, 0.6) is 0 Å². The van der Waals surface area contributed by atoms with Crippen LogP contribution in [0.3, 0.4) is 0 Å². The zero-order valence-corrected chi connectivity index (χ0v) is 8.33. The standard InChI is InChI=1S/C11H11N3O/c1-9-2-4-11(5-3-9)14-7-10(6-13-15)12-8-14/h2-8,15H,1H3/b13-6+. The van der Waals surface area contributed by atoms with Gasteiger partial charge in [-0.25, -0.2) is 4.98 Å². The summed E-state index contributed by atoms with van der Waals surface area (Å²) in [5.41, 5.74) is 2.87. The predicted octanol–water partition coefficient (Wildman–Crippen LogP) is 1.99. The van der Waals surface area contributed by atoms with Gasteiger partial charge in [-0.15, -0.1) is 0 Å². The number of benzene rings is 1. The molecule has 15 heavy (non-hydrogen) atoms. The smallest absolute Gasteiger partial charge is 0.103 e. The van der Waals surface area contributed by atoms with Gasteiger partial charge in [0.15, 0.2) is 0 Å². The molecule has 0 aliphatic carbocycles. The minimum absolute atomic E-state index is 0.623. The Morgan fingerprint density at radius 2 is 2.07 bits per heavy atom. The van der Waals surface area contributed by atoms with Crippen LogP contribution < -0.4 is 0 Å². The number of rotatable bonds is 2. The summed E-state index contributed by atoms with van der Waals surface area (Å²) in [7, 11) is 0. The zero-order valence-electron chi connectivity index (χ0n) is 8.33. The Balaban J connectivity index is 2.33. The Kier molecular flexibility index (Phi) is 2.49. The largest absolute Gasteiger partial charge is 0.411 e. The van der Waals surface area contributed by atoms with Crippen LogP contribution in [-0.4, -0.2) is 21.0 Å². The summed E-state index contributed by atoms with van der Waals surface area (Å²) >= 11 is 0. The Labute approximate surface area is 87.5 Å². The lowest BCUT2D eigenvalue weighted by Crippen LogP contribution is -1.89. The molecule has 1 aromatic heterocycles. The molecule has 0 amide bonds. The van der Waals surface area contributed by atoms with Crippen LogP contribution in [0.4, 0.5) is 0 Å². The second kappa shape index (κ2) is 3.96. The molecule has 4 heteroatoms. The van der Waals surface area contributed by atoms with Gasteiger partial charge < -0.3 is 9.77 Å². The molecule has 0 unspecified atom stereocenters. The first-order valence-electron chi connectivity index (χ1n) is 4.58. The summed E-state index contributed by atoms with van der Waals surface area (Å²) in [6, 6.07) is 8.10. The second-order valence-electron chi connectivity index (χ2n) is 3.29. The highest BCUT2D eigenvalue weighted by Crippen LogP contribution is 2.09. The number of aromatic nitrogens is 2. The van der Waals surface area contributed by atoms with Crippen LogP contribution in [-0.2, 0) is 0 Å². The van der Waals surface area contributed by atoms with Crippen LogP contribution in [0.25, 0.3) is 5.69 Å². The fraction of sp³-hybridized carbons (Fsp3) is 0.0909. The maximum Gasteiger partial charge on any atom is 0.103 e. The number of hydrogen-bond acceptors (Lipinski definition) is 3. The van der Waals surface area contributed by atoms with Crippen LogP contribution >= 0.6 is 0 Å². The fourth-order valence-corrected chi connectivity index (χ4v) is 1.32. The third-order valence-corrected chi connectivity index (χ3v) is 2.12.